The first-order chi connectivity index (χ1) is 13.7. The topological polar surface area (TPSA) is 113 Å². The highest BCUT2D eigenvalue weighted by Crippen LogP contribution is 2.28. The van der Waals surface area contributed by atoms with Crippen LogP contribution in [0.1, 0.15) is 18.9 Å². The van der Waals surface area contributed by atoms with Gasteiger partial charge in [0, 0.05) is 31.3 Å². The molecule has 0 bridgehead atoms. The van der Waals surface area contributed by atoms with Crippen molar-refractivity contribution in [3.05, 3.63) is 54.1 Å². The van der Waals surface area contributed by atoms with E-state index in [1.807, 2.05) is 35.9 Å². The molecule has 1 aliphatic rings. The highest BCUT2D eigenvalue weighted by molar-refractivity contribution is 7.90. The number of aryl methyl sites for hydroxylation is 1. The highest BCUT2D eigenvalue weighted by atomic mass is 32.2. The lowest BCUT2D eigenvalue weighted by Crippen LogP contribution is -2.29. The Balaban J connectivity index is 1.67. The van der Waals surface area contributed by atoms with Crippen molar-refractivity contribution in [3.63, 3.8) is 0 Å². The molecule has 8 nitrogen and oxygen atoms in total. The number of benzene rings is 2. The summed E-state index contributed by atoms with van der Waals surface area (Å²) in [4.78, 5) is 37.5. The third-order valence-electron chi connectivity index (χ3n) is 4.61. The molecular weight excluding hydrogens is 394 g/mol. The normalized spacial score (nSPS) is 16.6. The summed E-state index contributed by atoms with van der Waals surface area (Å²) in [5.41, 5.74) is 2.15. The number of carbonyl (C=O) groups excluding carboxylic acids is 3. The van der Waals surface area contributed by atoms with Gasteiger partial charge < -0.3 is 10.2 Å². The molecule has 2 aromatic rings. The monoisotopic (exact) mass is 415 g/mol. The molecular formula is C20H21N3O5S. The van der Waals surface area contributed by atoms with E-state index >= 15 is 0 Å². The van der Waals surface area contributed by atoms with Gasteiger partial charge in [-0.25, -0.2) is 13.1 Å². The van der Waals surface area contributed by atoms with Crippen LogP contribution in [0.25, 0.3) is 0 Å². The lowest BCUT2D eigenvalue weighted by Gasteiger charge is -2.19. The van der Waals surface area contributed by atoms with Crippen LogP contribution in [0, 0.1) is 12.8 Å². The van der Waals surface area contributed by atoms with Crippen LogP contribution in [0.2, 0.25) is 0 Å². The molecule has 1 fully saturated rings. The molecule has 0 unspecified atom stereocenters. The van der Waals surface area contributed by atoms with Gasteiger partial charge in [-0.1, -0.05) is 18.2 Å². The molecule has 1 atom stereocenters. The van der Waals surface area contributed by atoms with E-state index in [4.69, 9.17) is 0 Å². The Morgan fingerprint density at radius 1 is 1.07 bits per heavy atom. The Morgan fingerprint density at radius 3 is 2.34 bits per heavy atom. The maximum Gasteiger partial charge on any atom is 0.264 e. The summed E-state index contributed by atoms with van der Waals surface area (Å²) < 4.78 is 25.8. The van der Waals surface area contributed by atoms with Crippen LogP contribution in [0.5, 0.6) is 0 Å². The van der Waals surface area contributed by atoms with Gasteiger partial charge in [0.05, 0.1) is 10.8 Å². The van der Waals surface area contributed by atoms with Crippen LogP contribution >= 0.6 is 0 Å². The molecule has 0 aromatic heterocycles. The summed E-state index contributed by atoms with van der Waals surface area (Å²) in [6, 6.07) is 12.9. The second-order valence-corrected chi connectivity index (χ2v) is 8.55. The van der Waals surface area contributed by atoms with Crippen molar-refractivity contribution in [2.75, 3.05) is 16.8 Å². The van der Waals surface area contributed by atoms with Gasteiger partial charge in [0.15, 0.2) is 0 Å². The number of sulfonamides is 1. The molecule has 0 saturated carbocycles. The number of anilines is 2. The smallest absolute Gasteiger partial charge is 0.264 e. The van der Waals surface area contributed by atoms with Crippen molar-refractivity contribution >= 4 is 39.1 Å². The average Bonchev–Trinajstić information content (AvgIpc) is 3.03. The lowest BCUT2D eigenvalue weighted by atomic mass is 10.1. The fraction of sp³-hybridized carbons (Fsp3) is 0.250. The van der Waals surface area contributed by atoms with Crippen LogP contribution in [0.3, 0.4) is 0 Å². The van der Waals surface area contributed by atoms with E-state index < -0.39 is 21.8 Å². The quantitative estimate of drug-likeness (QED) is 0.773. The van der Waals surface area contributed by atoms with Crippen LogP contribution in [-0.4, -0.2) is 32.7 Å². The zero-order chi connectivity index (χ0) is 21.2. The molecule has 0 aliphatic carbocycles. The van der Waals surface area contributed by atoms with Crippen molar-refractivity contribution < 1.29 is 22.8 Å². The molecule has 3 rings (SSSR count). The molecule has 9 heteroatoms. The zero-order valence-electron chi connectivity index (χ0n) is 16.0. The highest BCUT2D eigenvalue weighted by Gasteiger charge is 2.35. The van der Waals surface area contributed by atoms with E-state index in [9.17, 15) is 22.8 Å². The summed E-state index contributed by atoms with van der Waals surface area (Å²) in [6.45, 7) is 3.30. The van der Waals surface area contributed by atoms with E-state index in [0.29, 0.717) is 5.69 Å². The molecule has 0 radical (unpaired) electrons. The lowest BCUT2D eigenvalue weighted by molar-refractivity contribution is -0.122. The van der Waals surface area contributed by atoms with Crippen molar-refractivity contribution in [2.24, 2.45) is 5.92 Å². The molecule has 2 N–H and O–H groups in total. The Hall–Kier alpha value is -3.20. The van der Waals surface area contributed by atoms with Crippen molar-refractivity contribution in [3.8, 4) is 0 Å². The first-order valence-corrected chi connectivity index (χ1v) is 10.5. The van der Waals surface area contributed by atoms with Crippen molar-refractivity contribution in [1.29, 1.82) is 0 Å². The maximum atomic E-state index is 12.6. The molecule has 1 heterocycles. The number of hydrogen-bond donors (Lipinski definition) is 2. The number of rotatable bonds is 5. The zero-order valence-corrected chi connectivity index (χ0v) is 16.8. The largest absolute Gasteiger partial charge is 0.326 e. The Bertz CT molecular complexity index is 1060. The summed E-state index contributed by atoms with van der Waals surface area (Å²) in [5, 5.41) is 2.71. The minimum Gasteiger partial charge on any atom is -0.326 e. The van der Waals surface area contributed by atoms with Crippen LogP contribution < -0.4 is 14.9 Å². The van der Waals surface area contributed by atoms with Gasteiger partial charge in [-0.2, -0.15) is 0 Å². The number of nitrogens with one attached hydrogen (secondary N) is 2. The summed E-state index contributed by atoms with van der Waals surface area (Å²) in [7, 11) is -3.93. The number of carbonyl (C=O) groups is 3. The van der Waals surface area contributed by atoms with E-state index in [2.05, 4.69) is 5.32 Å². The van der Waals surface area contributed by atoms with E-state index in [0.717, 1.165) is 18.2 Å². The van der Waals surface area contributed by atoms with Gasteiger partial charge in [-0.3, -0.25) is 14.4 Å². The van der Waals surface area contributed by atoms with Gasteiger partial charge in [-0.15, -0.1) is 0 Å². The molecule has 0 spiro atoms. The minimum atomic E-state index is -3.93. The summed E-state index contributed by atoms with van der Waals surface area (Å²) >= 11 is 0. The van der Waals surface area contributed by atoms with Crippen LogP contribution in [0.15, 0.2) is 53.4 Å². The predicted molar refractivity (Wildman–Crippen MR) is 108 cm³/mol. The van der Waals surface area contributed by atoms with Crippen molar-refractivity contribution in [1.82, 2.24) is 4.72 Å². The summed E-state index contributed by atoms with van der Waals surface area (Å²) in [6.07, 6.45) is 0.106. The first kappa shape index (κ1) is 20.5. The minimum absolute atomic E-state index is 0.0903. The van der Waals surface area contributed by atoms with Crippen molar-refractivity contribution in [2.45, 2.75) is 25.2 Å². The predicted octanol–water partition coefficient (Wildman–Crippen LogP) is 1.81. The van der Waals surface area contributed by atoms with Gasteiger partial charge >= 0.3 is 0 Å². The van der Waals surface area contributed by atoms with Gasteiger partial charge in [0.1, 0.15) is 0 Å². The average molecular weight is 415 g/mol. The molecule has 29 heavy (non-hydrogen) atoms. The number of para-hydroxylation sites is 1. The number of amides is 3. The molecule has 3 amide bonds. The maximum absolute atomic E-state index is 12.6. The summed E-state index contributed by atoms with van der Waals surface area (Å²) in [5.74, 6) is -1.63. The number of hydrogen-bond acceptors (Lipinski definition) is 5. The third kappa shape index (κ3) is 4.62. The van der Waals surface area contributed by atoms with E-state index in [1.165, 1.54) is 24.3 Å². The molecule has 1 saturated heterocycles. The second-order valence-electron chi connectivity index (χ2n) is 6.87. The Morgan fingerprint density at radius 2 is 1.72 bits per heavy atom. The molecule has 152 valence electrons. The van der Waals surface area contributed by atoms with Crippen LogP contribution in [0.4, 0.5) is 11.4 Å². The second kappa shape index (κ2) is 8.04. The van der Waals surface area contributed by atoms with E-state index in [-0.39, 0.29) is 29.7 Å². The number of nitrogens with zero attached hydrogens (tertiary/aromatic N) is 1. The SMILES string of the molecule is CC(=O)NS(=O)(=O)c1ccc(NC(=O)[C@@H]2CC(=O)N(c3ccccc3C)C2)cc1. The van der Waals surface area contributed by atoms with Crippen LogP contribution in [-0.2, 0) is 24.4 Å². The molecule has 1 aliphatic heterocycles. The first-order valence-electron chi connectivity index (χ1n) is 8.97. The van der Waals surface area contributed by atoms with Gasteiger partial charge in [-0.05, 0) is 42.8 Å². The van der Waals surface area contributed by atoms with Gasteiger partial charge in [0.25, 0.3) is 10.0 Å². The van der Waals surface area contributed by atoms with Gasteiger partial charge in [0.2, 0.25) is 17.7 Å². The Kier molecular flexibility index (Phi) is 5.69. The Labute approximate surface area is 169 Å². The fourth-order valence-electron chi connectivity index (χ4n) is 3.19. The standard InChI is InChI=1S/C20H21N3O5S/c1-13-5-3-4-6-18(13)23-12-15(11-19(23)25)20(26)21-16-7-9-17(10-8-16)29(27,28)22-14(2)24/h3-10,15H,11-12H2,1-2H3,(H,21,26)(H,22,24)/t15-/m1/s1. The van der Waals surface area contributed by atoms with E-state index in [1.54, 1.807) is 4.90 Å². The third-order valence-corrected chi connectivity index (χ3v) is 6.06. The fourth-order valence-corrected chi connectivity index (χ4v) is 4.18. The molecule has 2 aromatic carbocycles.